The third-order valence-corrected chi connectivity index (χ3v) is 11.2. The molecule has 0 saturated carbocycles. The van der Waals surface area contributed by atoms with Crippen LogP contribution in [0.4, 0.5) is 0 Å². The molecule has 0 aliphatic rings. The molecule has 0 saturated heterocycles. The van der Waals surface area contributed by atoms with E-state index >= 15 is 0 Å². The Labute approximate surface area is 267 Å². The van der Waals surface area contributed by atoms with Crippen LogP contribution in [0, 0.1) is 0 Å². The quantitative estimate of drug-likeness (QED) is 0.188. The van der Waals surface area contributed by atoms with E-state index < -0.39 is 15.8 Å². The van der Waals surface area contributed by atoms with Gasteiger partial charge < -0.3 is 0 Å². The smallest absolute Gasteiger partial charge is 0.0620 e. The first-order chi connectivity index (χ1) is 15.8. The molecule has 0 aliphatic carbocycles. The predicted molar refractivity (Wildman–Crippen MR) is 158 cm³/mol. The molecule has 8 heteroatoms. The molecular weight excluding hydrogens is 992 g/mol. The number of hydrogen-bond acceptors (Lipinski definition) is 0. The van der Waals surface area contributed by atoms with E-state index in [-0.39, 0.29) is 67.8 Å². The standard InChI is InChI=1S/C27H26P2.Pd.4Se.W/c1-5-14-24(15-6-1)28(25-16-7-2-8-17-25)22-13-23-29(26-18-9-3-10-19-26)27-20-11-4-12-21-27;;;;;;/h1-12,14-21H,13,22-23H2;;;;;;/p+2. The van der Waals surface area contributed by atoms with Crippen LogP contribution in [0.25, 0.3) is 0 Å². The van der Waals surface area contributed by atoms with Crippen LogP contribution in [0.3, 0.4) is 0 Å². The molecule has 0 aromatic heterocycles. The first-order valence-corrected chi connectivity index (χ1v) is 27.9. The van der Waals surface area contributed by atoms with Gasteiger partial charge in [-0.05, 0) is 48.5 Å². The topological polar surface area (TPSA) is 0 Å². The van der Waals surface area contributed by atoms with Crippen molar-refractivity contribution in [1.29, 1.82) is 0 Å². The SMILES string of the molecule is [Pd].[Se].[Se].[Se]=[W]=[Se].c1ccc([PH+](CCC[PH+](c2ccccc2)c2ccccc2)c2ccccc2)cc1. The molecular formula is C27H28P2PdSe4W+2. The van der Waals surface area contributed by atoms with Crippen LogP contribution in [0.15, 0.2) is 121 Å². The van der Waals surface area contributed by atoms with Crippen molar-refractivity contribution in [3.05, 3.63) is 121 Å². The van der Waals surface area contributed by atoms with E-state index in [1.807, 2.05) is 0 Å². The molecule has 0 aliphatic heterocycles. The Hall–Kier alpha value is 1.17. The second kappa shape index (κ2) is 22.0. The minimum Gasteiger partial charge on any atom is -0.0620 e. The Morgan fingerprint density at radius 2 is 0.657 bits per heavy atom. The van der Waals surface area contributed by atoms with E-state index in [4.69, 9.17) is 0 Å². The summed E-state index contributed by atoms with van der Waals surface area (Å²) in [6.45, 7) is 0. The summed E-state index contributed by atoms with van der Waals surface area (Å²) >= 11 is 5.83. The molecule has 184 valence electrons. The molecule has 4 radical (unpaired) electrons. The maximum Gasteiger partial charge on any atom is 0.0966 e. The fraction of sp³-hybridized carbons (Fsp3) is 0.111. The summed E-state index contributed by atoms with van der Waals surface area (Å²) in [6.07, 6.45) is 3.84. The fourth-order valence-corrected chi connectivity index (χ4v) is 9.52. The summed E-state index contributed by atoms with van der Waals surface area (Å²) in [6, 6.07) is 44.6. The predicted octanol–water partition coefficient (Wildman–Crippen LogP) is 3.58. The van der Waals surface area contributed by atoms with Crippen LogP contribution in [-0.2, 0) is 33.7 Å². The van der Waals surface area contributed by atoms with Crippen molar-refractivity contribution >= 4 is 96.8 Å². The van der Waals surface area contributed by atoms with Gasteiger partial charge in [0.25, 0.3) is 0 Å². The Kier molecular flexibility index (Phi) is 22.8. The average Bonchev–Trinajstić information content (AvgIpc) is 2.87. The minimum absolute atomic E-state index is 0. The molecule has 4 aromatic rings. The molecule has 0 atom stereocenters. The molecule has 0 bridgehead atoms. The normalized spacial score (nSPS) is 9.54. The van der Waals surface area contributed by atoms with E-state index in [0.29, 0.717) is 0 Å². The van der Waals surface area contributed by atoms with Crippen molar-refractivity contribution in [2.45, 2.75) is 6.42 Å². The van der Waals surface area contributed by atoms with E-state index in [1.54, 1.807) is 0 Å². The van der Waals surface area contributed by atoms with E-state index in [0.717, 1.165) is 0 Å². The molecule has 4 rings (SSSR count). The zero-order valence-corrected chi connectivity index (χ0v) is 32.4. The maximum atomic E-state index is 2.92. The van der Waals surface area contributed by atoms with Crippen molar-refractivity contribution < 1.29 is 33.7 Å². The monoisotopic (exact) mass is 1020 g/mol. The van der Waals surface area contributed by atoms with E-state index in [1.165, 1.54) is 40.0 Å². The Bertz CT molecular complexity index is 923. The van der Waals surface area contributed by atoms with Gasteiger partial charge in [0.15, 0.2) is 0 Å². The number of benzene rings is 4. The Morgan fingerprint density at radius 3 is 0.857 bits per heavy atom. The summed E-state index contributed by atoms with van der Waals surface area (Å²) in [5, 5.41) is 6.10. The Balaban J connectivity index is 0.00000183. The van der Waals surface area contributed by atoms with E-state index in [9.17, 15) is 0 Å². The maximum absolute atomic E-state index is 2.92. The van der Waals surface area contributed by atoms with Crippen LogP contribution in [-0.4, -0.2) is 72.1 Å². The average molecular weight is 1020 g/mol. The summed E-state index contributed by atoms with van der Waals surface area (Å²) in [4.78, 5) is 0. The van der Waals surface area contributed by atoms with Gasteiger partial charge >= 0.3 is 38.9 Å². The molecule has 0 unspecified atom stereocenters. The number of rotatable bonds is 8. The minimum atomic E-state index is -0.742. The molecule has 0 spiro atoms. The zero-order valence-electron chi connectivity index (χ0n) is 19.0. The second-order valence-electron chi connectivity index (χ2n) is 7.34. The summed E-state index contributed by atoms with van der Waals surface area (Å²) in [5.74, 6) is 0. The third-order valence-electron chi connectivity index (χ3n) is 5.34. The van der Waals surface area contributed by atoms with Crippen molar-refractivity contribution in [2.24, 2.45) is 0 Å². The summed E-state index contributed by atoms with van der Waals surface area (Å²) in [5.41, 5.74) is 0. The first-order valence-electron chi connectivity index (χ1n) is 10.7. The van der Waals surface area contributed by atoms with Crippen LogP contribution in [0.5, 0.6) is 0 Å². The largest absolute Gasteiger partial charge is 0.0966 e. The van der Waals surface area contributed by atoms with Gasteiger partial charge in [0, 0.05) is 61.0 Å². The molecule has 35 heavy (non-hydrogen) atoms. The van der Waals surface area contributed by atoms with Crippen molar-refractivity contribution in [3.8, 4) is 0 Å². The van der Waals surface area contributed by atoms with Crippen LogP contribution in [0.1, 0.15) is 6.42 Å². The molecule has 4 aromatic carbocycles. The molecule has 0 heterocycles. The van der Waals surface area contributed by atoms with Crippen molar-refractivity contribution in [2.75, 3.05) is 12.3 Å². The van der Waals surface area contributed by atoms with E-state index in [2.05, 4.69) is 147 Å². The van der Waals surface area contributed by atoms with Gasteiger partial charge in [-0.25, -0.2) is 0 Å². The summed E-state index contributed by atoms with van der Waals surface area (Å²) < 4.78 is 0. The van der Waals surface area contributed by atoms with Crippen molar-refractivity contribution in [1.82, 2.24) is 0 Å². The van der Waals surface area contributed by atoms with Gasteiger partial charge in [0.1, 0.15) is 0 Å². The van der Waals surface area contributed by atoms with Gasteiger partial charge in [-0.15, -0.1) is 0 Å². The summed E-state index contributed by atoms with van der Waals surface area (Å²) in [7, 11) is -1.48. The number of hydrogen-bond donors (Lipinski definition) is 0. The van der Waals surface area contributed by atoms with Gasteiger partial charge in [-0.1, -0.05) is 72.8 Å². The van der Waals surface area contributed by atoms with Crippen LogP contribution in [0.2, 0.25) is 0 Å². The van der Waals surface area contributed by atoms with Crippen LogP contribution < -0.4 is 21.2 Å². The van der Waals surface area contributed by atoms with Gasteiger partial charge in [0.2, 0.25) is 0 Å². The van der Waals surface area contributed by atoms with Gasteiger partial charge in [-0.2, -0.15) is 0 Å². The molecule has 0 nitrogen and oxygen atoms in total. The zero-order chi connectivity index (χ0) is 22.4. The van der Waals surface area contributed by atoms with Gasteiger partial charge in [-0.3, -0.25) is 0 Å². The second-order valence-corrected chi connectivity index (χ2v) is 27.5. The molecule has 0 amide bonds. The first kappa shape index (κ1) is 36.2. The molecule has 0 N–H and O–H groups in total. The fourth-order valence-electron chi connectivity index (χ4n) is 3.91. The Morgan fingerprint density at radius 1 is 0.457 bits per heavy atom. The van der Waals surface area contributed by atoms with Crippen molar-refractivity contribution in [3.63, 3.8) is 0 Å². The van der Waals surface area contributed by atoms with Gasteiger partial charge in [0.05, 0.1) is 49.4 Å². The van der Waals surface area contributed by atoms with Crippen LogP contribution >= 0.6 is 15.8 Å². The molecule has 0 fully saturated rings. The third kappa shape index (κ3) is 12.7.